The molecular weight excluding hydrogens is 224 g/mol. The second-order valence-electron chi connectivity index (χ2n) is 6.44. The summed E-state index contributed by atoms with van der Waals surface area (Å²) in [5.74, 6) is 1.64. The highest BCUT2D eigenvalue weighted by atomic mass is 16.5. The molecule has 3 rings (SSSR count). The maximum atomic E-state index is 5.96. The Bertz CT molecular complexity index is 269. The number of hydrogen-bond donors (Lipinski definition) is 1. The summed E-state index contributed by atoms with van der Waals surface area (Å²) in [6, 6.07) is 0.714. The van der Waals surface area contributed by atoms with Gasteiger partial charge in [-0.05, 0) is 44.1 Å². The van der Waals surface area contributed by atoms with Crippen LogP contribution in [0.5, 0.6) is 0 Å². The molecule has 0 radical (unpaired) electrons. The van der Waals surface area contributed by atoms with E-state index in [0.29, 0.717) is 12.1 Å². The van der Waals surface area contributed by atoms with Crippen molar-refractivity contribution < 1.29 is 4.74 Å². The second-order valence-corrected chi connectivity index (χ2v) is 6.44. The number of hydrogen-bond acceptors (Lipinski definition) is 3. The Kier molecular flexibility index (Phi) is 4.22. The standard InChI is InChI=1S/C15H28N2O/c16-10-12-4-3-5-13(12)11-17-8-9-18-15-7-2-1-6-14(15)17/h12-15H,1-11,16H2. The quantitative estimate of drug-likeness (QED) is 0.835. The van der Waals surface area contributed by atoms with Crippen LogP contribution in [0.1, 0.15) is 44.9 Å². The zero-order valence-electron chi connectivity index (χ0n) is 11.5. The average Bonchev–Trinajstić information content (AvgIpc) is 2.86. The van der Waals surface area contributed by atoms with E-state index in [1.807, 2.05) is 0 Å². The van der Waals surface area contributed by atoms with Gasteiger partial charge in [-0.3, -0.25) is 4.90 Å². The fraction of sp³-hybridized carbons (Fsp3) is 1.00. The van der Waals surface area contributed by atoms with Gasteiger partial charge in [-0.15, -0.1) is 0 Å². The Hall–Kier alpha value is -0.120. The van der Waals surface area contributed by atoms with E-state index in [9.17, 15) is 0 Å². The van der Waals surface area contributed by atoms with Crippen molar-refractivity contribution in [3.05, 3.63) is 0 Å². The van der Waals surface area contributed by atoms with E-state index >= 15 is 0 Å². The highest BCUT2D eigenvalue weighted by Gasteiger charge is 2.36. The fourth-order valence-electron chi connectivity index (χ4n) is 4.37. The summed E-state index contributed by atoms with van der Waals surface area (Å²) in [7, 11) is 0. The molecule has 0 amide bonds. The molecule has 0 bridgehead atoms. The predicted octanol–water partition coefficient (Wildman–Crippen LogP) is 2.00. The lowest BCUT2D eigenvalue weighted by Gasteiger charge is -2.45. The molecular formula is C15H28N2O. The molecule has 0 aromatic rings. The van der Waals surface area contributed by atoms with Crippen molar-refractivity contribution in [2.75, 3.05) is 26.2 Å². The minimum absolute atomic E-state index is 0.533. The molecule has 3 fully saturated rings. The molecule has 3 nitrogen and oxygen atoms in total. The number of ether oxygens (including phenoxy) is 1. The van der Waals surface area contributed by atoms with Crippen LogP contribution in [0.15, 0.2) is 0 Å². The molecule has 4 unspecified atom stereocenters. The molecule has 104 valence electrons. The molecule has 1 heterocycles. The van der Waals surface area contributed by atoms with E-state index in [1.54, 1.807) is 0 Å². The first-order chi connectivity index (χ1) is 8.88. The van der Waals surface area contributed by atoms with Crippen LogP contribution in [0.3, 0.4) is 0 Å². The normalized spacial score (nSPS) is 41.8. The summed E-state index contributed by atoms with van der Waals surface area (Å²) in [5, 5.41) is 0. The molecule has 1 saturated heterocycles. The van der Waals surface area contributed by atoms with Crippen molar-refractivity contribution >= 4 is 0 Å². The Morgan fingerprint density at radius 3 is 2.72 bits per heavy atom. The molecule has 3 aliphatic rings. The topological polar surface area (TPSA) is 38.5 Å². The van der Waals surface area contributed by atoms with Gasteiger partial charge in [0.1, 0.15) is 0 Å². The van der Waals surface area contributed by atoms with Gasteiger partial charge in [-0.2, -0.15) is 0 Å². The van der Waals surface area contributed by atoms with Crippen LogP contribution in [0.2, 0.25) is 0 Å². The lowest BCUT2D eigenvalue weighted by Crippen LogP contribution is -2.54. The Morgan fingerprint density at radius 2 is 1.83 bits per heavy atom. The molecule has 18 heavy (non-hydrogen) atoms. The van der Waals surface area contributed by atoms with Crippen molar-refractivity contribution in [3.63, 3.8) is 0 Å². The lowest BCUT2D eigenvalue weighted by atomic mass is 9.88. The number of fused-ring (bicyclic) bond motifs is 1. The smallest absolute Gasteiger partial charge is 0.0730 e. The number of rotatable bonds is 3. The molecule has 0 spiro atoms. The first kappa shape index (κ1) is 12.9. The summed E-state index contributed by atoms with van der Waals surface area (Å²) < 4.78 is 5.96. The first-order valence-corrected chi connectivity index (χ1v) is 7.94. The van der Waals surface area contributed by atoms with E-state index in [4.69, 9.17) is 10.5 Å². The van der Waals surface area contributed by atoms with Crippen LogP contribution < -0.4 is 5.73 Å². The first-order valence-electron chi connectivity index (χ1n) is 7.94. The Balaban J connectivity index is 1.60. The van der Waals surface area contributed by atoms with Gasteiger partial charge in [-0.1, -0.05) is 19.3 Å². The van der Waals surface area contributed by atoms with Crippen LogP contribution in [-0.4, -0.2) is 43.3 Å². The van der Waals surface area contributed by atoms with Crippen LogP contribution >= 0.6 is 0 Å². The molecule has 2 aliphatic carbocycles. The lowest BCUT2D eigenvalue weighted by molar-refractivity contribution is -0.0930. The van der Waals surface area contributed by atoms with E-state index < -0.39 is 0 Å². The van der Waals surface area contributed by atoms with E-state index in [2.05, 4.69) is 4.90 Å². The monoisotopic (exact) mass is 252 g/mol. The van der Waals surface area contributed by atoms with Crippen molar-refractivity contribution in [1.82, 2.24) is 4.90 Å². The van der Waals surface area contributed by atoms with E-state index in [1.165, 1.54) is 51.5 Å². The van der Waals surface area contributed by atoms with Crippen molar-refractivity contribution in [2.24, 2.45) is 17.6 Å². The van der Waals surface area contributed by atoms with Gasteiger partial charge in [0.05, 0.1) is 12.7 Å². The number of morpholine rings is 1. The maximum absolute atomic E-state index is 5.96. The van der Waals surface area contributed by atoms with Crippen LogP contribution in [-0.2, 0) is 4.74 Å². The van der Waals surface area contributed by atoms with Gasteiger partial charge < -0.3 is 10.5 Å². The summed E-state index contributed by atoms with van der Waals surface area (Å²) in [4.78, 5) is 2.74. The second kappa shape index (κ2) is 5.89. The number of nitrogens with two attached hydrogens (primary N) is 1. The zero-order chi connectivity index (χ0) is 12.4. The Morgan fingerprint density at radius 1 is 1.00 bits per heavy atom. The summed E-state index contributed by atoms with van der Waals surface area (Å²) in [6.45, 7) is 4.27. The van der Waals surface area contributed by atoms with Crippen LogP contribution in [0, 0.1) is 11.8 Å². The van der Waals surface area contributed by atoms with Gasteiger partial charge in [0.15, 0.2) is 0 Å². The van der Waals surface area contributed by atoms with Gasteiger partial charge in [-0.25, -0.2) is 0 Å². The third-order valence-corrected chi connectivity index (χ3v) is 5.44. The average molecular weight is 252 g/mol. The minimum Gasteiger partial charge on any atom is -0.375 e. The molecule has 2 N–H and O–H groups in total. The zero-order valence-corrected chi connectivity index (χ0v) is 11.5. The Labute approximate surface area is 111 Å². The summed E-state index contributed by atoms with van der Waals surface area (Å²) >= 11 is 0. The van der Waals surface area contributed by atoms with Crippen molar-refractivity contribution in [2.45, 2.75) is 57.1 Å². The molecule has 3 heteroatoms. The van der Waals surface area contributed by atoms with Crippen molar-refractivity contribution in [3.8, 4) is 0 Å². The van der Waals surface area contributed by atoms with Crippen LogP contribution in [0.25, 0.3) is 0 Å². The van der Waals surface area contributed by atoms with Gasteiger partial charge >= 0.3 is 0 Å². The SMILES string of the molecule is NCC1CCCC1CN1CCOC2CCCCC21. The maximum Gasteiger partial charge on any atom is 0.0730 e. The molecule has 2 saturated carbocycles. The third kappa shape index (κ3) is 2.59. The van der Waals surface area contributed by atoms with Crippen LogP contribution in [0.4, 0.5) is 0 Å². The summed E-state index contributed by atoms with van der Waals surface area (Å²) in [5.41, 5.74) is 5.92. The predicted molar refractivity (Wildman–Crippen MR) is 73.5 cm³/mol. The fourth-order valence-corrected chi connectivity index (χ4v) is 4.37. The highest BCUT2D eigenvalue weighted by Crippen LogP contribution is 2.34. The molecule has 1 aliphatic heterocycles. The van der Waals surface area contributed by atoms with E-state index in [0.717, 1.165) is 31.5 Å². The largest absolute Gasteiger partial charge is 0.375 e. The molecule has 4 atom stereocenters. The van der Waals surface area contributed by atoms with Gasteiger partial charge in [0.25, 0.3) is 0 Å². The third-order valence-electron chi connectivity index (χ3n) is 5.44. The molecule has 0 aromatic carbocycles. The van der Waals surface area contributed by atoms with E-state index in [-0.39, 0.29) is 0 Å². The highest BCUT2D eigenvalue weighted by molar-refractivity contribution is 4.90. The minimum atomic E-state index is 0.533. The van der Waals surface area contributed by atoms with Gasteiger partial charge in [0, 0.05) is 19.1 Å². The summed E-state index contributed by atoms with van der Waals surface area (Å²) in [6.07, 6.45) is 10.1. The van der Waals surface area contributed by atoms with Gasteiger partial charge in [0.2, 0.25) is 0 Å². The number of nitrogens with zero attached hydrogens (tertiary/aromatic N) is 1. The molecule has 0 aromatic heterocycles. The van der Waals surface area contributed by atoms with Crippen molar-refractivity contribution in [1.29, 1.82) is 0 Å².